The number of benzene rings is 2. The van der Waals surface area contributed by atoms with E-state index in [2.05, 4.69) is 34.9 Å². The van der Waals surface area contributed by atoms with E-state index in [9.17, 15) is 14.4 Å². The van der Waals surface area contributed by atoms with E-state index in [4.69, 9.17) is 9.84 Å². The highest BCUT2D eigenvalue weighted by Gasteiger charge is 2.32. The predicted octanol–water partition coefficient (Wildman–Crippen LogP) is 4.70. The molecule has 0 aliphatic heterocycles. The van der Waals surface area contributed by atoms with Gasteiger partial charge in [0.25, 0.3) is 0 Å². The van der Waals surface area contributed by atoms with E-state index in [1.54, 1.807) is 0 Å². The van der Waals surface area contributed by atoms with E-state index in [-0.39, 0.29) is 36.8 Å². The van der Waals surface area contributed by atoms with E-state index >= 15 is 0 Å². The monoisotopic (exact) mass is 478 g/mol. The van der Waals surface area contributed by atoms with E-state index in [1.807, 2.05) is 38.1 Å². The summed E-state index contributed by atoms with van der Waals surface area (Å²) in [5.74, 6) is -1.16. The van der Waals surface area contributed by atoms with Crippen molar-refractivity contribution in [3.8, 4) is 11.1 Å². The van der Waals surface area contributed by atoms with Gasteiger partial charge in [0.2, 0.25) is 5.91 Å². The number of carboxylic acid groups (broad SMARTS) is 1. The molecule has 2 aromatic carbocycles. The highest BCUT2D eigenvalue weighted by Crippen LogP contribution is 2.44. The Kier molecular flexibility index (Phi) is 7.43. The number of nitrogens with one attached hydrogen (secondary N) is 2. The molecule has 0 saturated heterocycles. The van der Waals surface area contributed by atoms with Crippen molar-refractivity contribution in [2.24, 2.45) is 11.3 Å². The Hall–Kier alpha value is -3.35. The van der Waals surface area contributed by atoms with Gasteiger partial charge in [-0.25, -0.2) is 4.79 Å². The number of carbonyl (C=O) groups excluding carboxylic acids is 2. The molecular formula is C28H34N2O5. The van der Waals surface area contributed by atoms with Crippen LogP contribution >= 0.6 is 0 Å². The average Bonchev–Trinajstić information content (AvgIpc) is 3.14. The zero-order valence-corrected chi connectivity index (χ0v) is 20.4. The van der Waals surface area contributed by atoms with Gasteiger partial charge in [0.1, 0.15) is 6.61 Å². The molecule has 0 unspecified atom stereocenters. The van der Waals surface area contributed by atoms with Crippen LogP contribution in [-0.4, -0.2) is 42.3 Å². The fourth-order valence-electron chi connectivity index (χ4n) is 5.31. The fourth-order valence-corrected chi connectivity index (χ4v) is 5.31. The number of alkyl carbamates (subject to hydrolysis) is 1. The Balaban J connectivity index is 1.28. The molecule has 2 amide bonds. The summed E-state index contributed by atoms with van der Waals surface area (Å²) in [7, 11) is 0. The molecule has 186 valence electrons. The second-order valence-electron chi connectivity index (χ2n) is 10.5. The highest BCUT2D eigenvalue weighted by atomic mass is 16.5. The van der Waals surface area contributed by atoms with Gasteiger partial charge in [0, 0.05) is 24.4 Å². The van der Waals surface area contributed by atoms with Crippen molar-refractivity contribution >= 4 is 18.0 Å². The Labute approximate surface area is 206 Å². The quantitative estimate of drug-likeness (QED) is 0.510. The number of amides is 2. The largest absolute Gasteiger partial charge is 0.481 e. The number of aliphatic carboxylic acids is 1. The third kappa shape index (κ3) is 6.02. The number of fused-ring (bicyclic) bond motifs is 3. The van der Waals surface area contributed by atoms with E-state index in [0.717, 1.165) is 19.3 Å². The van der Waals surface area contributed by atoms with Crippen LogP contribution in [0.2, 0.25) is 0 Å². The maximum atomic E-state index is 12.7. The van der Waals surface area contributed by atoms with E-state index in [0.29, 0.717) is 13.0 Å². The van der Waals surface area contributed by atoms with Crippen LogP contribution < -0.4 is 10.6 Å². The first-order chi connectivity index (χ1) is 16.7. The highest BCUT2D eigenvalue weighted by molar-refractivity contribution is 5.80. The van der Waals surface area contributed by atoms with Gasteiger partial charge >= 0.3 is 12.1 Å². The molecular weight excluding hydrogens is 444 g/mol. The maximum absolute atomic E-state index is 12.7. The molecule has 35 heavy (non-hydrogen) atoms. The molecule has 0 bridgehead atoms. The molecule has 0 heterocycles. The minimum Gasteiger partial charge on any atom is -0.481 e. The van der Waals surface area contributed by atoms with Gasteiger partial charge in [-0.15, -0.1) is 0 Å². The van der Waals surface area contributed by atoms with Gasteiger partial charge in [-0.3, -0.25) is 9.59 Å². The first-order valence-electron chi connectivity index (χ1n) is 12.3. The average molecular weight is 479 g/mol. The number of ether oxygens (including phenoxy) is 1. The minimum atomic E-state index is -0.880. The van der Waals surface area contributed by atoms with Crippen LogP contribution in [0.4, 0.5) is 4.79 Å². The summed E-state index contributed by atoms with van der Waals surface area (Å²) < 4.78 is 5.66. The van der Waals surface area contributed by atoms with Gasteiger partial charge in [-0.1, -0.05) is 68.8 Å². The van der Waals surface area contributed by atoms with Crippen LogP contribution in [0.15, 0.2) is 48.5 Å². The van der Waals surface area contributed by atoms with Gasteiger partial charge in [0.05, 0.1) is 6.42 Å². The summed E-state index contributed by atoms with van der Waals surface area (Å²) >= 11 is 0. The lowest BCUT2D eigenvalue weighted by Crippen LogP contribution is -2.44. The third-order valence-electron chi connectivity index (χ3n) is 7.08. The molecule has 1 saturated carbocycles. The second kappa shape index (κ2) is 10.5. The molecule has 1 fully saturated rings. The van der Waals surface area contributed by atoms with Crippen LogP contribution in [0, 0.1) is 11.3 Å². The molecule has 2 aliphatic carbocycles. The van der Waals surface area contributed by atoms with Crippen molar-refractivity contribution in [1.29, 1.82) is 0 Å². The van der Waals surface area contributed by atoms with Crippen LogP contribution in [0.1, 0.15) is 63.0 Å². The maximum Gasteiger partial charge on any atom is 0.407 e. The zero-order chi connectivity index (χ0) is 25.0. The standard InChI is InChI=1S/C28H34N2O5/c1-28(2,15-25(31)32)17-29-26(33)18-8-7-9-19(14-18)30-27(34)35-16-24-22-12-5-3-10-20(22)21-11-4-6-13-23(21)24/h3-6,10-13,18-19,24H,7-9,14-17H2,1-2H3,(H,29,33)(H,30,34)(H,31,32)/t18-,19+/m1/s1. The lowest BCUT2D eigenvalue weighted by molar-refractivity contribution is -0.139. The minimum absolute atomic E-state index is 0.00666. The number of hydrogen-bond acceptors (Lipinski definition) is 4. The topological polar surface area (TPSA) is 105 Å². The summed E-state index contributed by atoms with van der Waals surface area (Å²) in [6, 6.07) is 16.3. The SMILES string of the molecule is CC(C)(CNC(=O)[C@@H]1CCC[C@H](NC(=O)OCC2c3ccccc3-c3ccccc32)C1)CC(=O)O. The molecule has 7 heteroatoms. The summed E-state index contributed by atoms with van der Waals surface area (Å²) in [5.41, 5.74) is 4.19. The number of rotatable bonds is 8. The van der Waals surface area contributed by atoms with Crippen LogP contribution in [0.5, 0.6) is 0 Å². The van der Waals surface area contributed by atoms with Crippen LogP contribution in [0.3, 0.4) is 0 Å². The molecule has 0 radical (unpaired) electrons. The predicted molar refractivity (Wildman–Crippen MR) is 133 cm³/mol. The molecule has 0 aromatic heterocycles. The smallest absolute Gasteiger partial charge is 0.407 e. The van der Waals surface area contributed by atoms with Gasteiger partial charge in [-0.05, 0) is 46.9 Å². The van der Waals surface area contributed by atoms with Crippen molar-refractivity contribution in [2.45, 2.75) is 57.9 Å². The van der Waals surface area contributed by atoms with Crippen LogP contribution in [0.25, 0.3) is 11.1 Å². The molecule has 2 atom stereocenters. The van der Waals surface area contributed by atoms with Crippen molar-refractivity contribution in [3.05, 3.63) is 59.7 Å². The number of carbonyl (C=O) groups is 3. The molecule has 2 aliphatic rings. The molecule has 2 aromatic rings. The number of carboxylic acids is 1. The second-order valence-corrected chi connectivity index (χ2v) is 10.5. The lowest BCUT2D eigenvalue weighted by atomic mass is 9.84. The Morgan fingerprint density at radius 2 is 1.63 bits per heavy atom. The molecule has 0 spiro atoms. The third-order valence-corrected chi connectivity index (χ3v) is 7.08. The summed E-state index contributed by atoms with van der Waals surface area (Å²) in [5, 5.41) is 14.9. The van der Waals surface area contributed by atoms with E-state index in [1.165, 1.54) is 22.3 Å². The Bertz CT molecular complexity index is 1050. The summed E-state index contributed by atoms with van der Waals surface area (Å²) in [6.07, 6.45) is 2.48. The van der Waals surface area contributed by atoms with E-state index < -0.39 is 17.5 Å². The zero-order valence-electron chi connectivity index (χ0n) is 20.4. The van der Waals surface area contributed by atoms with Gasteiger partial charge in [-0.2, -0.15) is 0 Å². The normalized spacial score (nSPS) is 19.4. The number of hydrogen-bond donors (Lipinski definition) is 3. The van der Waals surface area contributed by atoms with Gasteiger partial charge in [0.15, 0.2) is 0 Å². The van der Waals surface area contributed by atoms with Crippen molar-refractivity contribution in [1.82, 2.24) is 10.6 Å². The van der Waals surface area contributed by atoms with Gasteiger partial charge < -0.3 is 20.5 Å². The van der Waals surface area contributed by atoms with Crippen molar-refractivity contribution in [2.75, 3.05) is 13.2 Å². The lowest BCUT2D eigenvalue weighted by Gasteiger charge is -2.30. The summed E-state index contributed by atoms with van der Waals surface area (Å²) in [6.45, 7) is 4.21. The van der Waals surface area contributed by atoms with Crippen LogP contribution in [-0.2, 0) is 14.3 Å². The first kappa shape index (κ1) is 24.8. The molecule has 3 N–H and O–H groups in total. The first-order valence-corrected chi connectivity index (χ1v) is 12.3. The Morgan fingerprint density at radius 3 is 2.26 bits per heavy atom. The molecule has 7 nitrogen and oxygen atoms in total. The Morgan fingerprint density at radius 1 is 1.00 bits per heavy atom. The fraction of sp³-hybridized carbons (Fsp3) is 0.464. The van der Waals surface area contributed by atoms with Crippen molar-refractivity contribution < 1.29 is 24.2 Å². The molecule has 4 rings (SSSR count). The summed E-state index contributed by atoms with van der Waals surface area (Å²) in [4.78, 5) is 36.3. The van der Waals surface area contributed by atoms with Crippen molar-refractivity contribution in [3.63, 3.8) is 0 Å².